The van der Waals surface area contributed by atoms with Gasteiger partial charge in [0.15, 0.2) is 5.82 Å². The van der Waals surface area contributed by atoms with Crippen LogP contribution in [0.1, 0.15) is 53.9 Å². The van der Waals surface area contributed by atoms with Crippen LogP contribution in [0.3, 0.4) is 0 Å². The minimum absolute atomic E-state index is 0.0220. The largest absolute Gasteiger partial charge is 0.363 e. The van der Waals surface area contributed by atoms with E-state index < -0.39 is 0 Å². The highest BCUT2D eigenvalue weighted by atomic mass is 16.1. The molecular weight excluding hydrogens is 250 g/mol. The van der Waals surface area contributed by atoms with Gasteiger partial charge in [-0.15, -0.1) is 0 Å². The van der Waals surface area contributed by atoms with Gasteiger partial charge in [-0.1, -0.05) is 13.8 Å². The molecule has 1 aromatic heterocycles. The topological polar surface area (TPSA) is 46.9 Å². The van der Waals surface area contributed by atoms with Crippen LogP contribution < -0.4 is 10.9 Å². The van der Waals surface area contributed by atoms with E-state index in [1.165, 1.54) is 6.42 Å². The number of hydrogen-bond donors (Lipinski definition) is 1. The summed E-state index contributed by atoms with van der Waals surface area (Å²) in [5, 5.41) is 3.37. The second-order valence-corrected chi connectivity index (χ2v) is 7.23. The summed E-state index contributed by atoms with van der Waals surface area (Å²) < 4.78 is 1.75. The molecule has 1 aliphatic rings. The fraction of sp³-hybridized carbons (Fsp3) is 0.750. The Morgan fingerprint density at radius 3 is 2.55 bits per heavy atom. The zero-order chi connectivity index (χ0) is 14.9. The van der Waals surface area contributed by atoms with Crippen molar-refractivity contribution in [2.75, 3.05) is 5.32 Å². The van der Waals surface area contributed by atoms with E-state index in [4.69, 9.17) is 0 Å². The van der Waals surface area contributed by atoms with E-state index >= 15 is 0 Å². The van der Waals surface area contributed by atoms with Crippen LogP contribution in [0.2, 0.25) is 0 Å². The van der Waals surface area contributed by atoms with Crippen molar-refractivity contribution in [3.8, 4) is 0 Å². The van der Waals surface area contributed by atoms with Crippen LogP contribution in [0.5, 0.6) is 0 Å². The second-order valence-electron chi connectivity index (χ2n) is 7.23. The Morgan fingerprint density at radius 2 is 1.95 bits per heavy atom. The first-order chi connectivity index (χ1) is 9.29. The monoisotopic (exact) mass is 277 g/mol. The molecule has 112 valence electrons. The van der Waals surface area contributed by atoms with E-state index in [2.05, 4.69) is 24.1 Å². The molecule has 0 saturated heterocycles. The van der Waals surface area contributed by atoms with Gasteiger partial charge >= 0.3 is 0 Å². The van der Waals surface area contributed by atoms with Crippen molar-refractivity contribution in [1.82, 2.24) is 9.55 Å². The molecule has 1 heterocycles. The van der Waals surface area contributed by atoms with Gasteiger partial charge in [-0.25, -0.2) is 4.98 Å². The second kappa shape index (κ2) is 5.58. The first-order valence-corrected chi connectivity index (χ1v) is 7.63. The fourth-order valence-electron chi connectivity index (χ4n) is 2.91. The maximum absolute atomic E-state index is 12.5. The lowest BCUT2D eigenvalue weighted by atomic mass is 9.79. The van der Waals surface area contributed by atoms with Gasteiger partial charge in [-0.3, -0.25) is 4.79 Å². The Balaban J connectivity index is 2.17. The van der Waals surface area contributed by atoms with Crippen LogP contribution in [0.4, 0.5) is 5.82 Å². The number of aromatic nitrogens is 2. The van der Waals surface area contributed by atoms with Gasteiger partial charge in [0.05, 0.1) is 0 Å². The molecule has 1 aromatic rings. The molecule has 1 aliphatic carbocycles. The molecule has 0 aliphatic heterocycles. The Hall–Kier alpha value is -1.32. The Bertz CT molecular complexity index is 515. The van der Waals surface area contributed by atoms with Crippen molar-refractivity contribution < 1.29 is 0 Å². The molecular formula is C16H27N3O. The molecule has 1 saturated carbocycles. The van der Waals surface area contributed by atoms with Crippen LogP contribution >= 0.6 is 0 Å². The number of nitrogens with zero attached hydrogens (tertiary/aromatic N) is 2. The molecule has 0 spiro atoms. The van der Waals surface area contributed by atoms with Crippen molar-refractivity contribution in [2.45, 2.75) is 65.5 Å². The predicted molar refractivity (Wildman–Crippen MR) is 83.1 cm³/mol. The summed E-state index contributed by atoms with van der Waals surface area (Å²) in [5.74, 6) is 1.98. The molecule has 0 radical (unpaired) electrons. The lowest BCUT2D eigenvalue weighted by molar-refractivity contribution is 0.260. The van der Waals surface area contributed by atoms with Gasteiger partial charge in [-0.05, 0) is 51.9 Å². The van der Waals surface area contributed by atoms with Crippen LogP contribution in [0, 0.1) is 11.8 Å². The average Bonchev–Trinajstić information content (AvgIpc) is 2.35. The summed E-state index contributed by atoms with van der Waals surface area (Å²) in [6.45, 7) is 10.7. The van der Waals surface area contributed by atoms with E-state index in [9.17, 15) is 4.79 Å². The maximum atomic E-state index is 12.5. The molecule has 2 rings (SSSR count). The number of nitrogens with one attached hydrogen (secondary N) is 1. The lowest BCUT2D eigenvalue weighted by Crippen LogP contribution is -2.38. The third kappa shape index (κ3) is 3.22. The number of anilines is 1. The average molecular weight is 277 g/mol. The molecule has 4 heteroatoms. The minimum atomic E-state index is -0.217. The van der Waals surface area contributed by atoms with Crippen molar-refractivity contribution in [2.24, 2.45) is 11.8 Å². The van der Waals surface area contributed by atoms with E-state index in [0.717, 1.165) is 18.8 Å². The number of rotatable bonds is 2. The van der Waals surface area contributed by atoms with Crippen LogP contribution in [0.15, 0.2) is 17.2 Å². The van der Waals surface area contributed by atoms with E-state index in [0.29, 0.717) is 17.8 Å². The van der Waals surface area contributed by atoms with Gasteiger partial charge in [0.2, 0.25) is 0 Å². The Morgan fingerprint density at radius 1 is 1.25 bits per heavy atom. The molecule has 1 fully saturated rings. The van der Waals surface area contributed by atoms with Crippen LogP contribution in [0.25, 0.3) is 0 Å². The predicted octanol–water partition coefficient (Wildman–Crippen LogP) is 3.23. The van der Waals surface area contributed by atoms with Gasteiger partial charge < -0.3 is 9.88 Å². The summed E-state index contributed by atoms with van der Waals surface area (Å²) in [7, 11) is 0. The van der Waals surface area contributed by atoms with Gasteiger partial charge in [0.1, 0.15) is 0 Å². The van der Waals surface area contributed by atoms with Crippen molar-refractivity contribution >= 4 is 5.82 Å². The molecule has 0 bridgehead atoms. The highest BCUT2D eigenvalue weighted by Gasteiger charge is 2.25. The summed E-state index contributed by atoms with van der Waals surface area (Å²) in [6, 6.07) is 0.372. The smallest absolute Gasteiger partial charge is 0.293 e. The molecule has 3 unspecified atom stereocenters. The first-order valence-electron chi connectivity index (χ1n) is 7.63. The molecule has 1 N–H and O–H groups in total. The third-order valence-corrected chi connectivity index (χ3v) is 4.50. The standard InChI is InChI=1S/C16H27N3O/c1-11-6-7-13(10-12(11)2)18-14-15(20)19(9-8-17-14)16(3,4)5/h8-9,11-13H,6-7,10H2,1-5H3,(H,17,18). The highest BCUT2D eigenvalue weighted by Crippen LogP contribution is 2.30. The molecule has 3 atom stereocenters. The molecule has 20 heavy (non-hydrogen) atoms. The minimum Gasteiger partial charge on any atom is -0.363 e. The van der Waals surface area contributed by atoms with Gasteiger partial charge in [0, 0.05) is 24.0 Å². The summed E-state index contributed by atoms with van der Waals surface area (Å²) in [5.41, 5.74) is -0.239. The van der Waals surface area contributed by atoms with E-state index in [1.807, 2.05) is 20.8 Å². The molecule has 4 nitrogen and oxygen atoms in total. The van der Waals surface area contributed by atoms with E-state index in [-0.39, 0.29) is 11.1 Å². The Labute approximate surface area is 121 Å². The number of hydrogen-bond acceptors (Lipinski definition) is 3. The molecule has 0 amide bonds. The molecule has 0 aromatic carbocycles. The summed E-state index contributed by atoms with van der Waals surface area (Å²) in [6.07, 6.45) is 6.94. The van der Waals surface area contributed by atoms with Crippen molar-refractivity contribution in [3.63, 3.8) is 0 Å². The third-order valence-electron chi connectivity index (χ3n) is 4.50. The maximum Gasteiger partial charge on any atom is 0.293 e. The quantitative estimate of drug-likeness (QED) is 0.902. The SMILES string of the molecule is CC1CCC(Nc2nccn(C(C)(C)C)c2=O)CC1C. The Kier molecular flexibility index (Phi) is 4.21. The fourth-order valence-corrected chi connectivity index (χ4v) is 2.91. The van der Waals surface area contributed by atoms with Crippen molar-refractivity contribution in [3.05, 3.63) is 22.7 Å². The van der Waals surface area contributed by atoms with Gasteiger partial charge in [0.25, 0.3) is 5.56 Å². The summed E-state index contributed by atoms with van der Waals surface area (Å²) in [4.78, 5) is 16.7. The normalized spacial score (nSPS) is 27.4. The lowest BCUT2D eigenvalue weighted by Gasteiger charge is -2.33. The van der Waals surface area contributed by atoms with Crippen LogP contribution in [-0.2, 0) is 5.54 Å². The van der Waals surface area contributed by atoms with Gasteiger partial charge in [-0.2, -0.15) is 0 Å². The van der Waals surface area contributed by atoms with E-state index in [1.54, 1.807) is 17.0 Å². The zero-order valence-corrected chi connectivity index (χ0v) is 13.3. The highest BCUT2D eigenvalue weighted by molar-refractivity contribution is 5.32. The van der Waals surface area contributed by atoms with Crippen molar-refractivity contribution in [1.29, 1.82) is 0 Å². The summed E-state index contributed by atoms with van der Waals surface area (Å²) >= 11 is 0. The zero-order valence-electron chi connectivity index (χ0n) is 13.3. The van der Waals surface area contributed by atoms with Crippen LogP contribution in [-0.4, -0.2) is 15.6 Å². The first kappa shape index (κ1) is 15.1.